The molecule has 2 heterocycles. The van der Waals surface area contributed by atoms with Gasteiger partial charge in [-0.25, -0.2) is 4.98 Å². The highest BCUT2D eigenvalue weighted by molar-refractivity contribution is 7.99. The molecule has 1 saturated carbocycles. The van der Waals surface area contributed by atoms with Crippen molar-refractivity contribution < 1.29 is 19.4 Å². The van der Waals surface area contributed by atoms with Gasteiger partial charge in [-0.1, -0.05) is 50.1 Å². The maximum atomic E-state index is 13.4. The summed E-state index contributed by atoms with van der Waals surface area (Å²) in [5.41, 5.74) is 8.47. The fourth-order valence-corrected chi connectivity index (χ4v) is 5.93. The van der Waals surface area contributed by atoms with Gasteiger partial charge in [-0.2, -0.15) is 4.98 Å². The van der Waals surface area contributed by atoms with Crippen LogP contribution >= 0.6 is 11.8 Å². The number of hydrogen-bond donors (Lipinski definition) is 2. The van der Waals surface area contributed by atoms with Crippen molar-refractivity contribution in [3.63, 3.8) is 0 Å². The summed E-state index contributed by atoms with van der Waals surface area (Å²) in [6.45, 7) is 2.91. The van der Waals surface area contributed by atoms with Gasteiger partial charge in [-0.05, 0) is 61.6 Å². The minimum Gasteiger partial charge on any atom is -0.481 e. The number of amides is 1. The molecule has 1 amide bonds. The second-order valence-electron chi connectivity index (χ2n) is 9.69. The van der Waals surface area contributed by atoms with Gasteiger partial charge in [0.05, 0.1) is 6.54 Å². The van der Waals surface area contributed by atoms with Gasteiger partial charge in [0.2, 0.25) is 5.88 Å². The zero-order valence-electron chi connectivity index (χ0n) is 20.9. The number of thioether (sulfide) groups is 1. The summed E-state index contributed by atoms with van der Waals surface area (Å²) >= 11 is 1.54. The third-order valence-corrected chi connectivity index (χ3v) is 8.04. The molecule has 36 heavy (non-hydrogen) atoms. The number of nitrogens with two attached hydrogens (primary N) is 1. The van der Waals surface area contributed by atoms with Gasteiger partial charge >= 0.3 is 5.97 Å². The number of carboxylic acid groups (broad SMARTS) is 1. The van der Waals surface area contributed by atoms with E-state index in [2.05, 4.69) is 29.0 Å². The third-order valence-electron chi connectivity index (χ3n) is 7.11. The Bertz CT molecular complexity index is 1050. The Morgan fingerprint density at radius 1 is 1.14 bits per heavy atom. The summed E-state index contributed by atoms with van der Waals surface area (Å²) in [6.07, 6.45) is 8.81. The van der Waals surface area contributed by atoms with Crippen LogP contribution in [0.25, 0.3) is 0 Å². The molecule has 0 bridgehead atoms. The first kappa shape index (κ1) is 26.3. The Morgan fingerprint density at radius 2 is 1.89 bits per heavy atom. The summed E-state index contributed by atoms with van der Waals surface area (Å²) in [5.74, 6) is 1.07. The molecule has 3 N–H and O–H groups in total. The van der Waals surface area contributed by atoms with Crippen molar-refractivity contribution in [1.82, 2.24) is 9.97 Å². The predicted octanol–water partition coefficient (Wildman–Crippen LogP) is 5.52. The highest BCUT2D eigenvalue weighted by Gasteiger charge is 2.30. The number of benzene rings is 1. The third kappa shape index (κ3) is 6.49. The average molecular weight is 513 g/mol. The number of fused-ring (bicyclic) bond motifs is 1. The second kappa shape index (κ2) is 12.4. The Labute approximate surface area is 217 Å². The Morgan fingerprint density at radius 3 is 2.58 bits per heavy atom. The second-order valence-corrected chi connectivity index (χ2v) is 10.8. The molecule has 2 aliphatic rings. The van der Waals surface area contributed by atoms with Crippen LogP contribution in [0.4, 0.5) is 11.5 Å². The number of rotatable bonds is 10. The largest absolute Gasteiger partial charge is 0.481 e. The molecule has 0 spiro atoms. The molecular formula is C27H36N4O4S. The van der Waals surface area contributed by atoms with Crippen molar-refractivity contribution in [2.24, 2.45) is 5.92 Å². The zero-order chi connectivity index (χ0) is 25.5. The van der Waals surface area contributed by atoms with Crippen molar-refractivity contribution in [1.29, 1.82) is 0 Å². The summed E-state index contributed by atoms with van der Waals surface area (Å²) < 4.78 is 5.84. The van der Waals surface area contributed by atoms with Crippen molar-refractivity contribution in [2.75, 3.05) is 29.5 Å². The topological polar surface area (TPSA) is 119 Å². The fourth-order valence-electron chi connectivity index (χ4n) is 5.09. The average Bonchev–Trinajstić information content (AvgIpc) is 3.03. The lowest BCUT2D eigenvalue weighted by Crippen LogP contribution is -2.32. The van der Waals surface area contributed by atoms with Crippen LogP contribution in [0, 0.1) is 5.92 Å². The predicted molar refractivity (Wildman–Crippen MR) is 142 cm³/mol. The molecule has 1 aromatic heterocycles. The van der Waals surface area contributed by atoms with E-state index < -0.39 is 5.97 Å². The van der Waals surface area contributed by atoms with Crippen molar-refractivity contribution in [3.8, 4) is 5.88 Å². The van der Waals surface area contributed by atoms with Crippen LogP contribution in [0.3, 0.4) is 0 Å². The maximum absolute atomic E-state index is 13.4. The molecule has 1 fully saturated rings. The molecule has 194 valence electrons. The van der Waals surface area contributed by atoms with E-state index in [4.69, 9.17) is 15.6 Å². The van der Waals surface area contributed by atoms with E-state index >= 15 is 0 Å². The lowest BCUT2D eigenvalue weighted by atomic mass is 9.77. The van der Waals surface area contributed by atoms with Crippen LogP contribution in [0.1, 0.15) is 86.6 Å². The summed E-state index contributed by atoms with van der Waals surface area (Å²) in [7, 11) is 0. The molecule has 0 unspecified atom stereocenters. The molecule has 8 nitrogen and oxygen atoms in total. The quantitative estimate of drug-likeness (QED) is 0.243. The van der Waals surface area contributed by atoms with Gasteiger partial charge < -0.3 is 20.5 Å². The molecule has 1 aliphatic heterocycles. The van der Waals surface area contributed by atoms with Crippen LogP contribution in [-0.4, -0.2) is 45.9 Å². The maximum Gasteiger partial charge on any atom is 0.303 e. The first-order chi connectivity index (χ1) is 17.5. The van der Waals surface area contributed by atoms with Crippen molar-refractivity contribution >= 4 is 35.1 Å². The highest BCUT2D eigenvalue weighted by atomic mass is 32.2. The number of nitrogens with zero attached hydrogens (tertiary/aromatic N) is 3. The molecule has 4 rings (SSSR count). The highest BCUT2D eigenvalue weighted by Crippen LogP contribution is 2.38. The smallest absolute Gasteiger partial charge is 0.303 e. The number of hydrogen-bond acceptors (Lipinski definition) is 7. The molecule has 1 aromatic carbocycles. The van der Waals surface area contributed by atoms with Crippen LogP contribution in [0.15, 0.2) is 29.4 Å². The fraction of sp³-hybridized carbons (Fsp3) is 0.556. The molecule has 0 atom stereocenters. The van der Waals surface area contributed by atoms with Crippen molar-refractivity contribution in [3.05, 3.63) is 35.4 Å². The zero-order valence-corrected chi connectivity index (χ0v) is 21.8. The SMILES string of the molecule is CCCCCCSc1nc(N)c2c(n1)OCCN(c1ccc(C3CCC(CC(=O)O)CC3)cc1)C2=O. The lowest BCUT2D eigenvalue weighted by Gasteiger charge is -2.28. The Balaban J connectivity index is 1.42. The number of ether oxygens (including phenoxy) is 1. The normalized spacial score (nSPS) is 19.9. The van der Waals surface area contributed by atoms with E-state index in [-0.39, 0.29) is 35.5 Å². The van der Waals surface area contributed by atoms with Crippen LogP contribution in [0.5, 0.6) is 5.88 Å². The van der Waals surface area contributed by atoms with Crippen LogP contribution in [-0.2, 0) is 4.79 Å². The van der Waals surface area contributed by atoms with Crippen molar-refractivity contribution in [2.45, 2.75) is 75.8 Å². The molecule has 1 aliphatic carbocycles. The standard InChI is InChI=1S/C27H36N4O4S/c1-2-3-4-5-16-36-27-29-24(28)23-25(30-27)35-15-14-31(26(23)34)21-12-10-20(11-13-21)19-8-6-18(7-9-19)17-22(32)33/h10-13,18-19H,2-9,14-17H2,1H3,(H,32,33)(H2,28,29,30). The molecule has 9 heteroatoms. The summed E-state index contributed by atoms with van der Waals surface area (Å²) in [6, 6.07) is 8.10. The van der Waals surface area contributed by atoms with E-state index in [1.165, 1.54) is 24.8 Å². The summed E-state index contributed by atoms with van der Waals surface area (Å²) in [4.78, 5) is 35.0. The first-order valence-corrected chi connectivity index (χ1v) is 14.0. The number of aliphatic carboxylic acids is 1. The lowest BCUT2D eigenvalue weighted by molar-refractivity contribution is -0.138. The first-order valence-electron chi connectivity index (χ1n) is 13.0. The van der Waals surface area contributed by atoms with Crippen LogP contribution < -0.4 is 15.4 Å². The van der Waals surface area contributed by atoms with Gasteiger partial charge in [0.15, 0.2) is 5.16 Å². The Hall–Kier alpha value is -2.81. The number of anilines is 2. The molecular weight excluding hydrogens is 476 g/mol. The summed E-state index contributed by atoms with van der Waals surface area (Å²) in [5, 5.41) is 9.59. The van der Waals surface area contributed by atoms with Gasteiger partial charge in [0.1, 0.15) is 18.0 Å². The number of nitrogen functional groups attached to an aromatic ring is 1. The van der Waals surface area contributed by atoms with E-state index in [1.54, 1.807) is 16.7 Å². The van der Waals surface area contributed by atoms with Gasteiger partial charge in [0.25, 0.3) is 5.91 Å². The number of carboxylic acids is 1. The molecule has 0 radical (unpaired) electrons. The Kier molecular flexibility index (Phi) is 9.07. The van der Waals surface area contributed by atoms with Gasteiger partial charge in [0, 0.05) is 17.9 Å². The van der Waals surface area contributed by atoms with E-state index in [0.29, 0.717) is 24.2 Å². The molecule has 2 aromatic rings. The minimum absolute atomic E-state index is 0.155. The van der Waals surface area contributed by atoms with E-state index in [0.717, 1.165) is 43.5 Å². The molecule has 0 saturated heterocycles. The number of carbonyl (C=O) groups is 2. The van der Waals surface area contributed by atoms with Gasteiger partial charge in [-0.3, -0.25) is 9.59 Å². The number of carbonyl (C=O) groups excluding carboxylic acids is 1. The minimum atomic E-state index is -0.709. The van der Waals surface area contributed by atoms with E-state index in [9.17, 15) is 9.59 Å². The number of unbranched alkanes of at least 4 members (excludes halogenated alkanes) is 3. The van der Waals surface area contributed by atoms with E-state index in [1.807, 2.05) is 12.1 Å². The monoisotopic (exact) mass is 512 g/mol. The van der Waals surface area contributed by atoms with Crippen LogP contribution in [0.2, 0.25) is 0 Å². The number of aromatic nitrogens is 2. The van der Waals surface area contributed by atoms with Gasteiger partial charge in [-0.15, -0.1) is 0 Å².